The van der Waals surface area contributed by atoms with Crippen molar-refractivity contribution in [2.24, 2.45) is 7.05 Å². The monoisotopic (exact) mass is 345 g/mol. The first-order chi connectivity index (χ1) is 11.9. The number of nitrogens with one attached hydrogen (secondary N) is 1. The summed E-state index contributed by atoms with van der Waals surface area (Å²) < 4.78 is 17.7. The standard InChI is InChI=1S/C18H23N3O4/c1-11-16(12(2)21(3)20-11)19-15(22)10-8-13-7-9-14(23-4)18(25-6)17(13)24-5/h7-10H,1-6H3,(H,19,22). The van der Waals surface area contributed by atoms with Gasteiger partial charge < -0.3 is 19.5 Å². The maximum Gasteiger partial charge on any atom is 0.248 e. The largest absolute Gasteiger partial charge is 0.493 e. The lowest BCUT2D eigenvalue weighted by atomic mass is 10.1. The first-order valence-electron chi connectivity index (χ1n) is 7.71. The third-order valence-electron chi connectivity index (χ3n) is 3.91. The Hall–Kier alpha value is -2.96. The molecule has 0 saturated carbocycles. The molecule has 0 bridgehead atoms. The zero-order valence-electron chi connectivity index (χ0n) is 15.3. The highest BCUT2D eigenvalue weighted by Gasteiger charge is 2.15. The molecular formula is C18H23N3O4. The van der Waals surface area contributed by atoms with Gasteiger partial charge in [0.05, 0.1) is 38.4 Å². The van der Waals surface area contributed by atoms with Gasteiger partial charge in [0.15, 0.2) is 11.5 Å². The lowest BCUT2D eigenvalue weighted by Crippen LogP contribution is -2.09. The summed E-state index contributed by atoms with van der Waals surface area (Å²) in [6.45, 7) is 3.75. The zero-order valence-corrected chi connectivity index (χ0v) is 15.3. The molecule has 0 saturated heterocycles. The number of hydrogen-bond acceptors (Lipinski definition) is 5. The lowest BCUT2D eigenvalue weighted by Gasteiger charge is -2.14. The summed E-state index contributed by atoms with van der Waals surface area (Å²) in [5, 5.41) is 7.13. The number of methoxy groups -OCH3 is 3. The van der Waals surface area contributed by atoms with E-state index in [0.717, 1.165) is 17.1 Å². The predicted octanol–water partition coefficient (Wildman–Crippen LogP) is 2.71. The van der Waals surface area contributed by atoms with Gasteiger partial charge in [-0.05, 0) is 32.1 Å². The Kier molecular flexibility index (Phi) is 5.69. The minimum atomic E-state index is -0.254. The van der Waals surface area contributed by atoms with E-state index in [1.807, 2.05) is 20.9 Å². The third-order valence-corrected chi connectivity index (χ3v) is 3.91. The molecule has 1 N–H and O–H groups in total. The van der Waals surface area contributed by atoms with Gasteiger partial charge in [-0.3, -0.25) is 9.48 Å². The van der Waals surface area contributed by atoms with Crippen LogP contribution in [0.4, 0.5) is 5.69 Å². The highest BCUT2D eigenvalue weighted by Crippen LogP contribution is 2.40. The van der Waals surface area contributed by atoms with E-state index in [9.17, 15) is 4.79 Å². The SMILES string of the molecule is COc1ccc(C=CC(=O)Nc2c(C)nn(C)c2C)c(OC)c1OC. The molecule has 1 aromatic carbocycles. The summed E-state index contributed by atoms with van der Waals surface area (Å²) in [6.07, 6.45) is 3.10. The normalized spacial score (nSPS) is 10.8. The molecule has 7 nitrogen and oxygen atoms in total. The van der Waals surface area contributed by atoms with Crippen LogP contribution >= 0.6 is 0 Å². The number of amides is 1. The Morgan fingerprint density at radius 1 is 1.12 bits per heavy atom. The van der Waals surface area contributed by atoms with Crippen LogP contribution in [-0.4, -0.2) is 37.0 Å². The van der Waals surface area contributed by atoms with Gasteiger partial charge in [0.2, 0.25) is 11.7 Å². The van der Waals surface area contributed by atoms with Crippen molar-refractivity contribution in [3.8, 4) is 17.2 Å². The fourth-order valence-electron chi connectivity index (χ4n) is 2.54. The molecule has 0 atom stereocenters. The van der Waals surface area contributed by atoms with Crippen molar-refractivity contribution < 1.29 is 19.0 Å². The van der Waals surface area contributed by atoms with E-state index >= 15 is 0 Å². The Balaban J connectivity index is 2.25. The predicted molar refractivity (Wildman–Crippen MR) is 96.4 cm³/mol. The fraction of sp³-hybridized carbons (Fsp3) is 0.333. The first kappa shape index (κ1) is 18.4. The van der Waals surface area contributed by atoms with E-state index in [2.05, 4.69) is 10.4 Å². The smallest absolute Gasteiger partial charge is 0.248 e. The van der Waals surface area contributed by atoms with E-state index in [0.29, 0.717) is 22.8 Å². The summed E-state index contributed by atoms with van der Waals surface area (Å²) in [5.41, 5.74) is 3.08. The highest BCUT2D eigenvalue weighted by molar-refractivity contribution is 6.02. The molecule has 134 valence electrons. The highest BCUT2D eigenvalue weighted by atomic mass is 16.5. The summed E-state index contributed by atoms with van der Waals surface area (Å²) >= 11 is 0. The number of hydrogen-bond donors (Lipinski definition) is 1. The van der Waals surface area contributed by atoms with Crippen LogP contribution in [0, 0.1) is 13.8 Å². The van der Waals surface area contributed by atoms with Crippen molar-refractivity contribution in [3.05, 3.63) is 35.2 Å². The summed E-state index contributed by atoms with van der Waals surface area (Å²) in [4.78, 5) is 12.2. The average Bonchev–Trinajstić information content (AvgIpc) is 2.84. The van der Waals surface area contributed by atoms with Gasteiger partial charge in [0.25, 0.3) is 0 Å². The second kappa shape index (κ2) is 7.74. The maximum absolute atomic E-state index is 12.2. The van der Waals surface area contributed by atoms with Crippen molar-refractivity contribution in [1.82, 2.24) is 9.78 Å². The molecule has 2 rings (SSSR count). The molecule has 0 fully saturated rings. The van der Waals surface area contributed by atoms with E-state index in [4.69, 9.17) is 14.2 Å². The number of benzene rings is 1. The molecule has 0 aliphatic carbocycles. The number of nitrogens with zero attached hydrogens (tertiary/aromatic N) is 2. The van der Waals surface area contributed by atoms with Gasteiger partial charge in [-0.1, -0.05) is 0 Å². The quantitative estimate of drug-likeness (QED) is 0.815. The molecule has 0 unspecified atom stereocenters. The van der Waals surface area contributed by atoms with Gasteiger partial charge in [0, 0.05) is 18.7 Å². The topological polar surface area (TPSA) is 74.6 Å². The molecule has 1 amide bonds. The minimum Gasteiger partial charge on any atom is -0.493 e. The van der Waals surface area contributed by atoms with E-state index in [-0.39, 0.29) is 5.91 Å². The van der Waals surface area contributed by atoms with Crippen molar-refractivity contribution in [2.75, 3.05) is 26.6 Å². The zero-order chi connectivity index (χ0) is 18.6. The Labute approximate surface area is 147 Å². The van der Waals surface area contributed by atoms with Gasteiger partial charge in [-0.15, -0.1) is 0 Å². The fourth-order valence-corrected chi connectivity index (χ4v) is 2.54. The van der Waals surface area contributed by atoms with Gasteiger partial charge in [0.1, 0.15) is 0 Å². The second-order valence-electron chi connectivity index (χ2n) is 5.42. The van der Waals surface area contributed by atoms with Crippen molar-refractivity contribution in [3.63, 3.8) is 0 Å². The molecular weight excluding hydrogens is 322 g/mol. The maximum atomic E-state index is 12.2. The van der Waals surface area contributed by atoms with Crippen molar-refractivity contribution in [2.45, 2.75) is 13.8 Å². The Bertz CT molecular complexity index is 809. The average molecular weight is 345 g/mol. The lowest BCUT2D eigenvalue weighted by molar-refractivity contribution is -0.111. The molecule has 0 aliphatic heterocycles. The number of aromatic nitrogens is 2. The van der Waals surface area contributed by atoms with Crippen LogP contribution in [-0.2, 0) is 11.8 Å². The second-order valence-corrected chi connectivity index (χ2v) is 5.42. The van der Waals surface area contributed by atoms with Crippen LogP contribution in [0.5, 0.6) is 17.2 Å². The van der Waals surface area contributed by atoms with Gasteiger partial charge in [-0.25, -0.2) is 0 Å². The molecule has 1 aromatic heterocycles. The number of rotatable bonds is 6. The van der Waals surface area contributed by atoms with E-state index in [1.54, 1.807) is 30.0 Å². The van der Waals surface area contributed by atoms with Crippen LogP contribution < -0.4 is 19.5 Å². The Morgan fingerprint density at radius 2 is 1.80 bits per heavy atom. The molecule has 25 heavy (non-hydrogen) atoms. The van der Waals surface area contributed by atoms with Crippen LogP contribution in [0.1, 0.15) is 17.0 Å². The van der Waals surface area contributed by atoms with Crippen LogP contribution in [0.25, 0.3) is 6.08 Å². The van der Waals surface area contributed by atoms with Crippen molar-refractivity contribution in [1.29, 1.82) is 0 Å². The van der Waals surface area contributed by atoms with Crippen molar-refractivity contribution >= 4 is 17.7 Å². The molecule has 0 aliphatic rings. The Morgan fingerprint density at radius 3 is 2.32 bits per heavy atom. The summed E-state index contributed by atoms with van der Waals surface area (Å²) in [5.74, 6) is 1.28. The van der Waals surface area contributed by atoms with Crippen LogP contribution in [0.3, 0.4) is 0 Å². The summed E-state index contributed by atoms with van der Waals surface area (Å²) in [6, 6.07) is 3.55. The number of ether oxygens (including phenoxy) is 3. The van der Waals surface area contributed by atoms with Crippen LogP contribution in [0.15, 0.2) is 18.2 Å². The van der Waals surface area contributed by atoms with Gasteiger partial charge >= 0.3 is 0 Å². The third kappa shape index (κ3) is 3.76. The first-order valence-corrected chi connectivity index (χ1v) is 7.71. The number of aryl methyl sites for hydroxylation is 2. The molecule has 2 aromatic rings. The molecule has 1 heterocycles. The van der Waals surface area contributed by atoms with Gasteiger partial charge in [-0.2, -0.15) is 5.10 Å². The summed E-state index contributed by atoms with van der Waals surface area (Å²) in [7, 11) is 6.47. The molecule has 0 radical (unpaired) electrons. The number of carbonyl (C=O) groups is 1. The van der Waals surface area contributed by atoms with E-state index in [1.165, 1.54) is 20.3 Å². The molecule has 0 spiro atoms. The number of anilines is 1. The molecule has 7 heteroatoms. The minimum absolute atomic E-state index is 0.254. The number of carbonyl (C=O) groups excluding carboxylic acids is 1. The van der Waals surface area contributed by atoms with Crippen LogP contribution in [0.2, 0.25) is 0 Å². The van der Waals surface area contributed by atoms with E-state index < -0.39 is 0 Å².